The number of fused-ring (bicyclic) bond motifs is 5. The van der Waals surface area contributed by atoms with Gasteiger partial charge in [0.25, 0.3) is 11.6 Å². The molecular weight excluding hydrogens is 921 g/mol. The molecule has 4 aromatic carbocycles. The Labute approximate surface area is 408 Å². The molecule has 11 atom stereocenters. The molecule has 0 radical (unpaired) electrons. The van der Waals surface area contributed by atoms with E-state index in [4.69, 9.17) is 28.4 Å². The third-order valence-corrected chi connectivity index (χ3v) is 15.0. The number of ether oxygens (including phenoxy) is 6. The van der Waals surface area contributed by atoms with E-state index in [0.29, 0.717) is 11.1 Å². The first kappa shape index (κ1) is 50.1. The number of rotatable bonds is 12. The molecule has 3 fully saturated rings. The maximum absolute atomic E-state index is 15.5. The number of nitro benzene ring substituents is 1. The second-order valence-corrected chi connectivity index (χ2v) is 19.3. The number of esters is 3. The van der Waals surface area contributed by atoms with Crippen molar-refractivity contribution < 1.29 is 72.3 Å². The van der Waals surface area contributed by atoms with Gasteiger partial charge in [-0.3, -0.25) is 24.5 Å². The van der Waals surface area contributed by atoms with Crippen LogP contribution in [0.25, 0.3) is 0 Å². The summed E-state index contributed by atoms with van der Waals surface area (Å²) in [6, 6.07) is 27.0. The van der Waals surface area contributed by atoms with Crippen molar-refractivity contribution in [3.63, 3.8) is 0 Å². The third kappa shape index (κ3) is 8.84. The van der Waals surface area contributed by atoms with E-state index in [1.807, 2.05) is 0 Å². The normalized spacial score (nSPS) is 29.2. The van der Waals surface area contributed by atoms with Crippen molar-refractivity contribution in [1.29, 1.82) is 0 Å². The van der Waals surface area contributed by atoms with Gasteiger partial charge in [-0.05, 0) is 67.0 Å². The highest BCUT2D eigenvalue weighted by Gasteiger charge is 2.77. The summed E-state index contributed by atoms with van der Waals surface area (Å²) < 4.78 is 36.1. The molecule has 1 saturated heterocycles. The maximum atomic E-state index is 15.5. The summed E-state index contributed by atoms with van der Waals surface area (Å²) in [7, 11) is 0. The van der Waals surface area contributed by atoms with Gasteiger partial charge in [-0.2, -0.15) is 0 Å². The molecule has 0 aromatic heterocycles. The number of nitrogens with zero attached hydrogens (tertiary/aromatic N) is 1. The van der Waals surface area contributed by atoms with Gasteiger partial charge in [0.05, 0.1) is 34.5 Å². The van der Waals surface area contributed by atoms with Gasteiger partial charge < -0.3 is 44.0 Å². The Hall–Kier alpha value is -7.28. The fraction of sp³-hybridized carbons (Fsp3) is 0.396. The number of ketones is 1. The molecular formula is C53H54N2O16. The monoisotopic (exact) mass is 974 g/mol. The molecule has 2 saturated carbocycles. The molecule has 2 bridgehead atoms. The fourth-order valence-corrected chi connectivity index (χ4v) is 11.4. The van der Waals surface area contributed by atoms with Gasteiger partial charge in [0.1, 0.15) is 41.5 Å². The number of nitrogens with one attached hydrogen (secondary N) is 1. The summed E-state index contributed by atoms with van der Waals surface area (Å²) in [5.74, 6) is -6.90. The minimum Gasteiger partial charge on any atom is -0.455 e. The van der Waals surface area contributed by atoms with Crippen LogP contribution in [0, 0.1) is 32.8 Å². The fourth-order valence-electron chi connectivity index (χ4n) is 11.4. The Bertz CT molecular complexity index is 2770. The second-order valence-electron chi connectivity index (χ2n) is 19.3. The molecule has 3 unspecified atom stereocenters. The summed E-state index contributed by atoms with van der Waals surface area (Å²) in [5, 5.41) is 40.1. The quantitative estimate of drug-likeness (QED) is 0.0339. The first-order valence-corrected chi connectivity index (χ1v) is 23.1. The van der Waals surface area contributed by atoms with Crippen LogP contribution in [0.5, 0.6) is 5.75 Å². The molecule has 1 heterocycles. The zero-order chi connectivity index (χ0) is 51.2. The van der Waals surface area contributed by atoms with Crippen LogP contribution in [0.3, 0.4) is 0 Å². The van der Waals surface area contributed by atoms with E-state index in [2.05, 4.69) is 5.32 Å². The summed E-state index contributed by atoms with van der Waals surface area (Å²) in [6.45, 7) is 8.96. The summed E-state index contributed by atoms with van der Waals surface area (Å²) in [6.07, 6.45) is -9.87. The van der Waals surface area contributed by atoms with E-state index >= 15 is 9.59 Å². The van der Waals surface area contributed by atoms with E-state index in [9.17, 15) is 39.5 Å². The average Bonchev–Trinajstić information content (AvgIpc) is 3.34. The van der Waals surface area contributed by atoms with Crippen LogP contribution in [0.15, 0.2) is 126 Å². The number of aliphatic hydroxyl groups excluding tert-OH is 1. The number of Topliss-reactive ketones (excluding diaryl/α,β-unsaturated/α-hetero) is 1. The minimum atomic E-state index is -2.33. The lowest BCUT2D eigenvalue weighted by Gasteiger charge is -2.67. The zero-order valence-corrected chi connectivity index (χ0v) is 39.8. The number of aliphatic hydroxyl groups is 2. The first-order chi connectivity index (χ1) is 33.6. The molecule has 18 nitrogen and oxygen atoms in total. The average molecular weight is 975 g/mol. The summed E-state index contributed by atoms with van der Waals surface area (Å²) >= 11 is 0. The smallest absolute Gasteiger partial charge is 0.455 e. The standard InChI is InChI=1S/C53H54N2O16/c1-29-37(68-48(61)42(69-49(62)67-36-24-22-35(23-25-36)55(64)65)41(32-16-10-7-11-17-32)54-46(59)33-18-12-8-13-19-33)27-53(63)45(70-47(60)34-20-14-9-15-21-34)43-51(6,44(58)30(2)40(29)50(53,4)5)38(57)26-39-52(43,28-66-39)71-31(3)56/h7-25,30,37-39,41-43,45,57,63H,26-28H2,1-6H3,(H,54,59)/t30?,37?,38-,39+,41-,42+,43?,45-,51+,52-,53+/m0/s1. The van der Waals surface area contributed by atoms with Crippen molar-refractivity contribution in [3.8, 4) is 5.75 Å². The molecule has 71 heavy (non-hydrogen) atoms. The number of carbonyl (C=O) groups excluding carboxylic acids is 6. The lowest BCUT2D eigenvalue weighted by Crippen LogP contribution is -2.81. The van der Waals surface area contributed by atoms with Crippen molar-refractivity contribution in [1.82, 2.24) is 5.32 Å². The number of amides is 1. The van der Waals surface area contributed by atoms with Crippen molar-refractivity contribution in [2.45, 2.75) is 102 Å². The van der Waals surface area contributed by atoms with E-state index in [-0.39, 0.29) is 41.2 Å². The summed E-state index contributed by atoms with van der Waals surface area (Å²) in [5.41, 5.74) is -6.53. The molecule has 1 aliphatic heterocycles. The second kappa shape index (κ2) is 19.1. The topological polar surface area (TPSA) is 253 Å². The van der Waals surface area contributed by atoms with Gasteiger partial charge >= 0.3 is 24.1 Å². The molecule has 18 heteroatoms. The number of nitro groups is 1. The van der Waals surface area contributed by atoms with Crippen LogP contribution < -0.4 is 10.1 Å². The predicted octanol–water partition coefficient (Wildman–Crippen LogP) is 6.57. The molecule has 8 rings (SSSR count). The number of carbonyl (C=O) groups is 6. The van der Waals surface area contributed by atoms with Gasteiger partial charge in [0.2, 0.25) is 6.10 Å². The molecule has 3 aliphatic carbocycles. The number of hydrogen-bond donors (Lipinski definition) is 3. The molecule has 1 amide bonds. The maximum Gasteiger partial charge on any atom is 0.514 e. The number of hydrogen-bond acceptors (Lipinski definition) is 16. The van der Waals surface area contributed by atoms with Crippen LogP contribution in [-0.4, -0.2) is 99.2 Å². The molecule has 372 valence electrons. The van der Waals surface area contributed by atoms with Crippen LogP contribution in [0.1, 0.15) is 86.7 Å². The number of benzene rings is 4. The van der Waals surface area contributed by atoms with E-state index in [0.717, 1.165) is 24.3 Å². The Morgan fingerprint density at radius 2 is 1.45 bits per heavy atom. The highest BCUT2D eigenvalue weighted by atomic mass is 16.7. The van der Waals surface area contributed by atoms with Crippen LogP contribution in [0.4, 0.5) is 10.5 Å². The minimum absolute atomic E-state index is 0.0764. The van der Waals surface area contributed by atoms with Crippen molar-refractivity contribution >= 4 is 41.4 Å². The number of non-ortho nitro benzene ring substituents is 1. The van der Waals surface area contributed by atoms with Gasteiger partial charge in [0.15, 0.2) is 5.60 Å². The lowest BCUT2D eigenvalue weighted by molar-refractivity contribution is -0.384. The third-order valence-electron chi connectivity index (χ3n) is 15.0. The highest BCUT2D eigenvalue weighted by molar-refractivity contribution is 5.95. The van der Waals surface area contributed by atoms with Crippen LogP contribution in [0.2, 0.25) is 0 Å². The van der Waals surface area contributed by atoms with Crippen molar-refractivity contribution in [2.75, 3.05) is 6.61 Å². The molecule has 0 spiro atoms. The van der Waals surface area contributed by atoms with Gasteiger partial charge in [-0.1, -0.05) is 87.5 Å². The van der Waals surface area contributed by atoms with Crippen molar-refractivity contribution in [2.24, 2.45) is 22.7 Å². The lowest BCUT2D eigenvalue weighted by atomic mass is 9.43. The first-order valence-electron chi connectivity index (χ1n) is 23.1. The van der Waals surface area contributed by atoms with Crippen molar-refractivity contribution in [3.05, 3.63) is 153 Å². The van der Waals surface area contributed by atoms with Gasteiger partial charge in [0, 0.05) is 48.8 Å². The molecule has 3 N–H and O–H groups in total. The Morgan fingerprint density at radius 3 is 2.01 bits per heavy atom. The highest BCUT2D eigenvalue weighted by Crippen LogP contribution is 2.65. The summed E-state index contributed by atoms with van der Waals surface area (Å²) in [4.78, 5) is 96.5. The Kier molecular flexibility index (Phi) is 13.5. The Balaban J connectivity index is 1.25. The van der Waals surface area contributed by atoms with E-state index in [1.165, 1.54) is 38.1 Å². The zero-order valence-electron chi connectivity index (χ0n) is 39.8. The van der Waals surface area contributed by atoms with E-state index < -0.39 is 118 Å². The predicted molar refractivity (Wildman–Crippen MR) is 249 cm³/mol. The SMILES string of the molecule is CC(=O)O[C@@]12CO[C@@H]1C[C@H](O)[C@@]1(C)C(=O)C(C)C3=C(C)C(OC(=O)[C@H](OC(=O)Oc4ccc([N+](=O)[O-])cc4)[C@@H](NC(=O)c4ccccc4)c4ccccc4)C[C@@](O)([C@@H](OC(=O)c4ccccc4)C12)C3(C)C. The van der Waals surface area contributed by atoms with Crippen LogP contribution >= 0.6 is 0 Å². The van der Waals surface area contributed by atoms with Gasteiger partial charge in [-0.15, -0.1) is 0 Å². The molecule has 4 aromatic rings. The molecule has 4 aliphatic rings. The van der Waals surface area contributed by atoms with Gasteiger partial charge in [-0.25, -0.2) is 14.4 Å². The van der Waals surface area contributed by atoms with Crippen LogP contribution in [-0.2, 0) is 38.1 Å². The van der Waals surface area contributed by atoms with E-state index in [1.54, 1.807) is 94.4 Å². The largest absolute Gasteiger partial charge is 0.514 e. The Morgan fingerprint density at radius 1 is 0.859 bits per heavy atom.